The average molecular weight is 673 g/mol. The van der Waals surface area contributed by atoms with Gasteiger partial charge < -0.3 is 15.2 Å². The van der Waals surface area contributed by atoms with E-state index >= 15 is 0 Å². The van der Waals surface area contributed by atoms with Crippen molar-refractivity contribution in [3.05, 3.63) is 130 Å². The van der Waals surface area contributed by atoms with Gasteiger partial charge in [0.05, 0.1) is 17.7 Å². The number of fused-ring (bicyclic) bond motifs is 1. The Bertz CT molecular complexity index is 1590. The quantitative estimate of drug-likeness (QED) is 0.0555. The molecule has 8 heteroatoms. The second kappa shape index (κ2) is 13.2. The molecule has 4 aromatic carbocycles. The van der Waals surface area contributed by atoms with E-state index in [0.717, 1.165) is 39.9 Å². The molecule has 206 valence electrons. The first-order chi connectivity index (χ1) is 20.0. The van der Waals surface area contributed by atoms with E-state index in [4.69, 9.17) is 10.1 Å². The zero-order valence-corrected chi connectivity index (χ0v) is 25.6. The second-order valence-electron chi connectivity index (χ2n) is 9.42. The average Bonchev–Trinajstić information content (AvgIpc) is 3.26. The highest BCUT2D eigenvalue weighted by Gasteiger charge is 2.34. The molecule has 0 spiro atoms. The minimum absolute atomic E-state index is 0.178. The molecule has 1 aliphatic rings. The topological polar surface area (TPSA) is 82.5 Å². The van der Waals surface area contributed by atoms with Crippen LogP contribution in [0.4, 0.5) is 5.69 Å². The largest absolute Gasteiger partial charge is 0.492 e. The van der Waals surface area contributed by atoms with Gasteiger partial charge in [0.25, 0.3) is 11.8 Å². The Labute approximate surface area is 254 Å². The summed E-state index contributed by atoms with van der Waals surface area (Å²) < 4.78 is 5.95. The minimum Gasteiger partial charge on any atom is -0.492 e. The number of anilines is 1. The molecule has 5 rings (SSSR count). The standard InChI is InChI=1S/C33H29IN3O3P/c1-2-27(22-8-4-3-5-9-22)31(24-14-17-30(36-41-34)25(20-24)21-35)23-12-15-26(16-13-23)40-19-18-37-32(38)28-10-6-7-11-29(28)33(37)39/h3-17,20-21,35-36,41H,2,18-19H2,1H3/b31-27+,35-21?. The van der Waals surface area contributed by atoms with Crippen molar-refractivity contribution in [1.29, 1.82) is 5.41 Å². The van der Waals surface area contributed by atoms with E-state index in [0.29, 0.717) is 23.3 Å². The summed E-state index contributed by atoms with van der Waals surface area (Å²) in [6.45, 7) is 2.54. The van der Waals surface area contributed by atoms with Crippen LogP contribution in [-0.4, -0.2) is 36.1 Å². The third-order valence-electron chi connectivity index (χ3n) is 7.06. The molecule has 4 aromatic rings. The molecule has 6 nitrogen and oxygen atoms in total. The fourth-order valence-electron chi connectivity index (χ4n) is 5.10. The van der Waals surface area contributed by atoms with Crippen LogP contribution in [0, 0.1) is 5.41 Å². The summed E-state index contributed by atoms with van der Waals surface area (Å²) in [7, 11) is 0. The van der Waals surface area contributed by atoms with E-state index < -0.39 is 0 Å². The summed E-state index contributed by atoms with van der Waals surface area (Å²) in [6, 6.07) is 31.4. The maximum Gasteiger partial charge on any atom is 0.261 e. The lowest BCUT2D eigenvalue weighted by molar-refractivity contribution is 0.0631. The summed E-state index contributed by atoms with van der Waals surface area (Å²) in [4.78, 5) is 26.5. The number of hydrogen-bond donors (Lipinski definition) is 2. The van der Waals surface area contributed by atoms with Gasteiger partial charge in [0.15, 0.2) is 0 Å². The van der Waals surface area contributed by atoms with Crippen molar-refractivity contribution >= 4 is 63.3 Å². The number of carbonyl (C=O) groups excluding carboxylic acids is 2. The Hall–Kier alpha value is -3.81. The van der Waals surface area contributed by atoms with Crippen molar-refractivity contribution in [2.24, 2.45) is 0 Å². The van der Waals surface area contributed by atoms with Crippen LogP contribution in [0.1, 0.15) is 56.3 Å². The molecule has 0 aromatic heterocycles. The Morgan fingerprint density at radius 1 is 0.878 bits per heavy atom. The van der Waals surface area contributed by atoms with Crippen LogP contribution in [0.25, 0.3) is 11.1 Å². The lowest BCUT2D eigenvalue weighted by Gasteiger charge is -2.18. The van der Waals surface area contributed by atoms with Crippen molar-refractivity contribution in [3.8, 4) is 5.75 Å². The van der Waals surface area contributed by atoms with Crippen molar-refractivity contribution in [3.63, 3.8) is 0 Å². The molecule has 1 aliphatic heterocycles. The molecule has 0 fully saturated rings. The highest BCUT2D eigenvalue weighted by atomic mass is 127. The third-order valence-corrected chi connectivity index (χ3v) is 8.23. The number of benzene rings is 4. The molecule has 0 radical (unpaired) electrons. The van der Waals surface area contributed by atoms with Crippen LogP contribution in [0.5, 0.6) is 5.75 Å². The van der Waals surface area contributed by atoms with Crippen LogP contribution in [0.15, 0.2) is 97.1 Å². The number of ether oxygens (including phenoxy) is 1. The highest BCUT2D eigenvalue weighted by molar-refractivity contribution is 14.2. The molecule has 0 saturated carbocycles. The fraction of sp³-hybridized carbons (Fsp3) is 0.121. The Morgan fingerprint density at radius 3 is 2.12 bits per heavy atom. The van der Waals surface area contributed by atoms with Crippen molar-refractivity contribution in [2.75, 3.05) is 18.2 Å². The van der Waals surface area contributed by atoms with E-state index in [1.165, 1.54) is 16.7 Å². The number of carbonyl (C=O) groups is 2. The molecule has 41 heavy (non-hydrogen) atoms. The molecule has 1 heterocycles. The number of allylic oxidation sites excluding steroid dienone is 1. The zero-order chi connectivity index (χ0) is 28.8. The maximum atomic E-state index is 12.6. The molecule has 1 unspecified atom stereocenters. The third kappa shape index (κ3) is 6.11. The summed E-state index contributed by atoms with van der Waals surface area (Å²) in [5.41, 5.74) is 8.18. The molecule has 0 aliphatic carbocycles. The fourth-order valence-corrected chi connectivity index (χ4v) is 6.30. The minimum atomic E-state index is -0.281. The van der Waals surface area contributed by atoms with E-state index in [2.05, 4.69) is 58.3 Å². The van der Waals surface area contributed by atoms with E-state index in [9.17, 15) is 9.59 Å². The van der Waals surface area contributed by atoms with Gasteiger partial charge in [-0.15, -0.1) is 0 Å². The molecule has 2 N–H and O–H groups in total. The van der Waals surface area contributed by atoms with Crippen LogP contribution in [-0.2, 0) is 0 Å². The van der Waals surface area contributed by atoms with Gasteiger partial charge in [-0.2, -0.15) is 0 Å². The van der Waals surface area contributed by atoms with E-state index in [1.54, 1.807) is 24.3 Å². The van der Waals surface area contributed by atoms with Gasteiger partial charge >= 0.3 is 0 Å². The smallest absolute Gasteiger partial charge is 0.261 e. The molecule has 2 amide bonds. The molecule has 1 atom stereocenters. The van der Waals surface area contributed by atoms with E-state index in [1.807, 2.05) is 48.5 Å². The van der Waals surface area contributed by atoms with E-state index in [-0.39, 0.29) is 25.0 Å². The van der Waals surface area contributed by atoms with Gasteiger partial charge in [0.2, 0.25) is 0 Å². The van der Waals surface area contributed by atoms with Crippen LogP contribution in [0.2, 0.25) is 0 Å². The first-order valence-electron chi connectivity index (χ1n) is 13.3. The number of hydrogen-bond acceptors (Lipinski definition) is 5. The SMILES string of the molecule is CC/C(=C(/c1ccc(OCCN2C(=O)c3ccccc3C2=O)cc1)c1ccc(NPI)c(C=N)c1)c1ccccc1. The van der Waals surface area contributed by atoms with Gasteiger partial charge in [-0.1, -0.05) is 67.6 Å². The lowest BCUT2D eigenvalue weighted by Crippen LogP contribution is -2.33. The molecular formula is C33H29IN3O3P. The van der Waals surface area contributed by atoms with Gasteiger partial charge in [-0.25, -0.2) is 0 Å². The number of halogens is 1. The van der Waals surface area contributed by atoms with Crippen molar-refractivity contribution in [2.45, 2.75) is 13.3 Å². The van der Waals surface area contributed by atoms with Gasteiger partial charge in [0, 0.05) is 23.8 Å². The van der Waals surface area contributed by atoms with Crippen LogP contribution in [0.3, 0.4) is 0 Å². The zero-order valence-electron chi connectivity index (χ0n) is 22.5. The number of nitrogens with zero attached hydrogens (tertiary/aromatic N) is 1. The Balaban J connectivity index is 1.41. The summed E-state index contributed by atoms with van der Waals surface area (Å²) in [5, 5.41) is 11.3. The Kier molecular flexibility index (Phi) is 9.27. The second-order valence-corrected chi connectivity index (χ2v) is 11.5. The van der Waals surface area contributed by atoms with Crippen LogP contribution < -0.4 is 9.82 Å². The highest BCUT2D eigenvalue weighted by Crippen LogP contribution is 2.37. The predicted molar refractivity (Wildman–Crippen MR) is 177 cm³/mol. The normalized spacial score (nSPS) is 13.4. The molecule has 0 bridgehead atoms. The monoisotopic (exact) mass is 673 g/mol. The summed E-state index contributed by atoms with van der Waals surface area (Å²) >= 11 is 2.29. The van der Waals surface area contributed by atoms with Gasteiger partial charge in [-0.3, -0.25) is 14.5 Å². The predicted octanol–water partition coefficient (Wildman–Crippen LogP) is 8.08. The van der Waals surface area contributed by atoms with Gasteiger partial charge in [0.1, 0.15) is 12.4 Å². The first kappa shape index (κ1) is 28.7. The van der Waals surface area contributed by atoms with Crippen molar-refractivity contribution < 1.29 is 14.3 Å². The van der Waals surface area contributed by atoms with Gasteiger partial charge in [-0.05, 0) is 92.7 Å². The maximum absolute atomic E-state index is 12.6. The Morgan fingerprint density at radius 2 is 1.51 bits per heavy atom. The number of amides is 2. The lowest BCUT2D eigenvalue weighted by atomic mass is 9.87. The number of rotatable bonds is 11. The molecule has 0 saturated heterocycles. The number of nitrogens with one attached hydrogen (secondary N) is 2. The molecular weight excluding hydrogens is 644 g/mol. The summed E-state index contributed by atoms with van der Waals surface area (Å²) in [6.07, 6.45) is 2.73. The van der Waals surface area contributed by atoms with Crippen molar-refractivity contribution in [1.82, 2.24) is 4.90 Å². The number of imide groups is 1. The summed E-state index contributed by atoms with van der Waals surface area (Å²) in [5.74, 6) is 0.0961. The first-order valence-corrected chi connectivity index (χ1v) is 17.4. The van der Waals surface area contributed by atoms with Crippen LogP contribution >= 0.6 is 28.4 Å².